The lowest BCUT2D eigenvalue weighted by Gasteiger charge is -2.26. The van der Waals surface area contributed by atoms with E-state index in [9.17, 15) is 22.8 Å². The van der Waals surface area contributed by atoms with E-state index in [0.29, 0.717) is 37.6 Å². The average Bonchev–Trinajstić information content (AvgIpc) is 2.78. The fourth-order valence-corrected chi connectivity index (χ4v) is 4.30. The topological polar surface area (TPSA) is 148 Å². The number of carbonyl (C=O) groups excluding carboxylic acids is 3. The lowest BCUT2D eigenvalue weighted by Crippen LogP contribution is -2.40. The van der Waals surface area contributed by atoms with E-state index in [1.165, 1.54) is 52.8 Å². The second kappa shape index (κ2) is 9.69. The zero-order chi connectivity index (χ0) is 22.4. The Kier molecular flexibility index (Phi) is 7.00. The molecule has 10 nitrogen and oxygen atoms in total. The van der Waals surface area contributed by atoms with Crippen LogP contribution in [-0.4, -0.2) is 63.3 Å². The number of anilines is 1. The van der Waals surface area contributed by atoms with E-state index < -0.39 is 27.7 Å². The number of hydrogen-bond acceptors (Lipinski definition) is 6. The van der Waals surface area contributed by atoms with Gasteiger partial charge in [-0.3, -0.25) is 14.4 Å². The van der Waals surface area contributed by atoms with Crippen LogP contribution >= 0.6 is 0 Å². The van der Waals surface area contributed by atoms with Gasteiger partial charge in [0.25, 0.3) is 11.8 Å². The number of nitrogens with two attached hydrogens (primary N) is 1. The van der Waals surface area contributed by atoms with Crippen molar-refractivity contribution in [2.24, 2.45) is 5.73 Å². The Bertz CT molecular complexity index is 1060. The molecule has 1 fully saturated rings. The molecule has 3 rings (SSSR count). The molecule has 3 amide bonds. The maximum absolute atomic E-state index is 12.6. The molecule has 0 radical (unpaired) electrons. The molecule has 31 heavy (non-hydrogen) atoms. The molecule has 1 saturated heterocycles. The first-order valence-electron chi connectivity index (χ1n) is 9.43. The van der Waals surface area contributed by atoms with Gasteiger partial charge >= 0.3 is 0 Å². The average molecular weight is 446 g/mol. The Balaban J connectivity index is 1.63. The van der Waals surface area contributed by atoms with Gasteiger partial charge in [0.2, 0.25) is 15.9 Å². The Morgan fingerprint density at radius 3 is 2.03 bits per heavy atom. The van der Waals surface area contributed by atoms with Gasteiger partial charge < -0.3 is 21.1 Å². The molecule has 0 saturated carbocycles. The first kappa shape index (κ1) is 22.4. The molecule has 0 aliphatic carbocycles. The third kappa shape index (κ3) is 5.66. The van der Waals surface area contributed by atoms with Crippen LogP contribution < -0.4 is 16.4 Å². The number of hydrogen-bond donors (Lipinski definition) is 3. The van der Waals surface area contributed by atoms with Crippen LogP contribution in [0.25, 0.3) is 0 Å². The van der Waals surface area contributed by atoms with Crippen LogP contribution in [0, 0.1) is 0 Å². The molecule has 11 heteroatoms. The predicted molar refractivity (Wildman–Crippen MR) is 112 cm³/mol. The molecule has 0 bridgehead atoms. The normalized spacial score (nSPS) is 14.6. The quantitative estimate of drug-likeness (QED) is 0.552. The number of sulfonamides is 1. The zero-order valence-electron chi connectivity index (χ0n) is 16.5. The van der Waals surface area contributed by atoms with Gasteiger partial charge in [0.1, 0.15) is 0 Å². The number of amides is 3. The number of rotatable bonds is 7. The van der Waals surface area contributed by atoms with Crippen molar-refractivity contribution in [2.45, 2.75) is 4.90 Å². The monoisotopic (exact) mass is 446 g/mol. The maximum atomic E-state index is 12.6. The highest BCUT2D eigenvalue weighted by Crippen LogP contribution is 2.18. The standard InChI is InChI=1S/C20H22N4O6S/c21-18(25)13-22-19(26)14-1-5-16(6-2-14)23-20(27)15-3-7-17(8-4-15)31(28,29)24-9-11-30-12-10-24/h1-8H,9-13H2,(H2,21,25)(H,22,26)(H,23,27). The molecule has 2 aromatic carbocycles. The van der Waals surface area contributed by atoms with Gasteiger partial charge in [-0.15, -0.1) is 0 Å². The predicted octanol–water partition coefficient (Wildman–Crippen LogP) is 0.175. The van der Waals surface area contributed by atoms with E-state index in [2.05, 4.69) is 10.6 Å². The summed E-state index contributed by atoms with van der Waals surface area (Å²) in [6.45, 7) is 1.02. The summed E-state index contributed by atoms with van der Waals surface area (Å²) in [7, 11) is -3.63. The molecule has 164 valence electrons. The van der Waals surface area contributed by atoms with E-state index in [1.807, 2.05) is 0 Å². The minimum atomic E-state index is -3.63. The summed E-state index contributed by atoms with van der Waals surface area (Å²) >= 11 is 0. The molecule has 0 spiro atoms. The molecule has 1 aliphatic heterocycles. The van der Waals surface area contributed by atoms with E-state index in [1.54, 1.807) is 0 Å². The molecule has 0 unspecified atom stereocenters. The van der Waals surface area contributed by atoms with Crippen LogP contribution in [0.15, 0.2) is 53.4 Å². The van der Waals surface area contributed by atoms with Crippen LogP contribution in [0.1, 0.15) is 20.7 Å². The Morgan fingerprint density at radius 2 is 1.45 bits per heavy atom. The van der Waals surface area contributed by atoms with Crippen molar-refractivity contribution in [1.82, 2.24) is 9.62 Å². The summed E-state index contributed by atoms with van der Waals surface area (Å²) in [6, 6.07) is 11.7. The van der Waals surface area contributed by atoms with E-state index in [0.717, 1.165) is 0 Å². The second-order valence-electron chi connectivity index (χ2n) is 6.72. The third-order valence-electron chi connectivity index (χ3n) is 4.55. The molecule has 1 heterocycles. The van der Waals surface area contributed by atoms with E-state index >= 15 is 0 Å². The van der Waals surface area contributed by atoms with Gasteiger partial charge in [-0.05, 0) is 48.5 Å². The van der Waals surface area contributed by atoms with Crippen LogP contribution in [0.4, 0.5) is 5.69 Å². The number of benzene rings is 2. The lowest BCUT2D eigenvalue weighted by molar-refractivity contribution is -0.117. The molecule has 0 aromatic heterocycles. The van der Waals surface area contributed by atoms with Crippen molar-refractivity contribution in [2.75, 3.05) is 38.2 Å². The number of nitrogens with one attached hydrogen (secondary N) is 2. The van der Waals surface area contributed by atoms with Crippen LogP contribution in [0.5, 0.6) is 0 Å². The van der Waals surface area contributed by atoms with Crippen molar-refractivity contribution in [3.8, 4) is 0 Å². The zero-order valence-corrected chi connectivity index (χ0v) is 17.4. The molecule has 1 aliphatic rings. The summed E-state index contributed by atoms with van der Waals surface area (Å²) in [5.41, 5.74) is 6.01. The number of primary amides is 1. The SMILES string of the molecule is NC(=O)CNC(=O)c1ccc(NC(=O)c2ccc(S(=O)(=O)N3CCOCC3)cc2)cc1. The largest absolute Gasteiger partial charge is 0.379 e. The third-order valence-corrected chi connectivity index (χ3v) is 6.47. The maximum Gasteiger partial charge on any atom is 0.255 e. The first-order valence-corrected chi connectivity index (χ1v) is 10.9. The van der Waals surface area contributed by atoms with Crippen LogP contribution in [0.2, 0.25) is 0 Å². The summed E-state index contributed by atoms with van der Waals surface area (Å²) in [5, 5.41) is 5.04. The summed E-state index contributed by atoms with van der Waals surface area (Å²) in [5.74, 6) is -1.55. The van der Waals surface area contributed by atoms with E-state index in [4.69, 9.17) is 10.5 Å². The van der Waals surface area contributed by atoms with Crippen molar-refractivity contribution < 1.29 is 27.5 Å². The fourth-order valence-electron chi connectivity index (χ4n) is 2.89. The molecule has 4 N–H and O–H groups in total. The summed E-state index contributed by atoms with van der Waals surface area (Å²) in [6.07, 6.45) is 0. The Morgan fingerprint density at radius 1 is 0.903 bits per heavy atom. The van der Waals surface area contributed by atoms with Crippen molar-refractivity contribution in [3.63, 3.8) is 0 Å². The number of carbonyl (C=O) groups is 3. The molecule has 2 aromatic rings. The van der Waals surface area contributed by atoms with Gasteiger partial charge in [-0.2, -0.15) is 4.31 Å². The van der Waals surface area contributed by atoms with Crippen LogP contribution in [-0.2, 0) is 19.6 Å². The van der Waals surface area contributed by atoms with Gasteiger partial charge in [-0.25, -0.2) is 8.42 Å². The summed E-state index contributed by atoms with van der Waals surface area (Å²) in [4.78, 5) is 35.2. The highest BCUT2D eigenvalue weighted by Gasteiger charge is 2.26. The number of ether oxygens (including phenoxy) is 1. The Labute approximate surface area is 179 Å². The number of nitrogens with zero attached hydrogens (tertiary/aromatic N) is 1. The molecular weight excluding hydrogens is 424 g/mol. The van der Waals surface area contributed by atoms with Gasteiger partial charge in [0.05, 0.1) is 24.7 Å². The second-order valence-corrected chi connectivity index (χ2v) is 8.66. The summed E-state index contributed by atoms with van der Waals surface area (Å²) < 4.78 is 31.8. The minimum absolute atomic E-state index is 0.109. The molecule has 0 atom stereocenters. The minimum Gasteiger partial charge on any atom is -0.379 e. The van der Waals surface area contributed by atoms with Crippen LogP contribution in [0.3, 0.4) is 0 Å². The van der Waals surface area contributed by atoms with Crippen molar-refractivity contribution in [1.29, 1.82) is 0 Å². The highest BCUT2D eigenvalue weighted by molar-refractivity contribution is 7.89. The van der Waals surface area contributed by atoms with Crippen molar-refractivity contribution >= 4 is 33.4 Å². The van der Waals surface area contributed by atoms with E-state index in [-0.39, 0.29) is 17.0 Å². The Hall–Kier alpha value is -3.28. The first-order chi connectivity index (χ1) is 14.8. The lowest BCUT2D eigenvalue weighted by atomic mass is 10.1. The highest BCUT2D eigenvalue weighted by atomic mass is 32.2. The smallest absolute Gasteiger partial charge is 0.255 e. The number of morpholine rings is 1. The van der Waals surface area contributed by atoms with Gasteiger partial charge in [0, 0.05) is 29.9 Å². The van der Waals surface area contributed by atoms with Gasteiger partial charge in [0.15, 0.2) is 0 Å². The molecular formula is C20H22N4O6S. The fraction of sp³-hybridized carbons (Fsp3) is 0.250. The van der Waals surface area contributed by atoms with Crippen molar-refractivity contribution in [3.05, 3.63) is 59.7 Å². The van der Waals surface area contributed by atoms with Gasteiger partial charge in [-0.1, -0.05) is 0 Å².